The van der Waals surface area contributed by atoms with Gasteiger partial charge in [-0.15, -0.1) is 0 Å². The molecule has 222 valence electrons. The van der Waals surface area contributed by atoms with Gasteiger partial charge in [-0.05, 0) is 30.2 Å². The molecule has 2 aliphatic heterocycles. The van der Waals surface area contributed by atoms with Crippen LogP contribution in [0.2, 0.25) is 0 Å². The molecule has 2 aromatic rings. The van der Waals surface area contributed by atoms with Crippen molar-refractivity contribution in [1.29, 1.82) is 0 Å². The number of H-pyrrole nitrogens is 1. The van der Waals surface area contributed by atoms with Crippen LogP contribution < -0.4 is 22.3 Å². The van der Waals surface area contributed by atoms with Crippen LogP contribution in [0.25, 0.3) is 0 Å². The van der Waals surface area contributed by atoms with Gasteiger partial charge in [-0.3, -0.25) is 23.9 Å². The monoisotopic (exact) mass is 578 g/mol. The molecule has 1 fully saturated rings. The molecule has 8 atom stereocenters. The van der Waals surface area contributed by atoms with Gasteiger partial charge >= 0.3 is 5.69 Å². The Bertz CT molecular complexity index is 1390. The predicted molar refractivity (Wildman–Crippen MR) is 136 cm³/mol. The molecule has 8 N–H and O–H groups in total. The number of hydrogen-bond acceptors (Lipinski definition) is 12. The Kier molecular flexibility index (Phi) is 9.21. The van der Waals surface area contributed by atoms with Crippen molar-refractivity contribution in [2.24, 2.45) is 5.73 Å². The van der Waals surface area contributed by atoms with Crippen LogP contribution in [0.15, 0.2) is 58.0 Å². The Morgan fingerprint density at radius 1 is 1.15 bits per heavy atom. The summed E-state index contributed by atoms with van der Waals surface area (Å²) in [5.41, 5.74) is 4.76. The number of aromatic amines is 1. The molecule has 4 rings (SSSR count). The van der Waals surface area contributed by atoms with Crippen molar-refractivity contribution in [2.45, 2.75) is 55.6 Å². The second-order valence-electron chi connectivity index (χ2n) is 9.33. The summed E-state index contributed by atoms with van der Waals surface area (Å²) in [5, 5.41) is 43.6. The minimum absolute atomic E-state index is 0.0987. The van der Waals surface area contributed by atoms with Crippen LogP contribution in [-0.2, 0) is 35.0 Å². The summed E-state index contributed by atoms with van der Waals surface area (Å²) in [4.78, 5) is 50.8. The fourth-order valence-electron chi connectivity index (χ4n) is 4.46. The fourth-order valence-corrected chi connectivity index (χ4v) is 4.46. The first kappa shape index (κ1) is 29.9. The first-order valence-corrected chi connectivity index (χ1v) is 12.4. The summed E-state index contributed by atoms with van der Waals surface area (Å²) >= 11 is 0. The van der Waals surface area contributed by atoms with Crippen LogP contribution in [0.4, 0.5) is 0 Å². The minimum Gasteiger partial charge on any atom is -0.508 e. The van der Waals surface area contributed by atoms with Gasteiger partial charge in [-0.2, -0.15) is 0 Å². The number of benzene rings is 1. The van der Waals surface area contributed by atoms with Gasteiger partial charge in [-0.1, -0.05) is 12.1 Å². The maximum atomic E-state index is 12.7. The minimum atomic E-state index is -1.79. The van der Waals surface area contributed by atoms with E-state index in [0.29, 0.717) is 6.42 Å². The van der Waals surface area contributed by atoms with Gasteiger partial charge in [0.05, 0.1) is 0 Å². The number of aromatic hydroxyl groups is 1. The average Bonchev–Trinajstić information content (AvgIpc) is 3.25. The Labute approximate surface area is 231 Å². The van der Waals surface area contributed by atoms with E-state index >= 15 is 0 Å². The summed E-state index contributed by atoms with van der Waals surface area (Å²) < 4.78 is 22.9. The van der Waals surface area contributed by atoms with Crippen LogP contribution >= 0.6 is 0 Å². The van der Waals surface area contributed by atoms with Crippen molar-refractivity contribution in [3.05, 3.63) is 74.8 Å². The maximum Gasteiger partial charge on any atom is 0.330 e. The number of carbonyl (C=O) groups excluding carboxylic acids is 2. The van der Waals surface area contributed by atoms with Crippen LogP contribution in [-0.4, -0.2) is 98.4 Å². The van der Waals surface area contributed by atoms with E-state index in [1.165, 1.54) is 19.2 Å². The lowest BCUT2D eigenvalue weighted by Crippen LogP contribution is -2.54. The van der Waals surface area contributed by atoms with E-state index < -0.39 is 78.0 Å². The summed E-state index contributed by atoms with van der Waals surface area (Å²) in [6.45, 7) is 0.160. The largest absolute Gasteiger partial charge is 0.508 e. The molecule has 2 aliphatic rings. The number of amides is 2. The van der Waals surface area contributed by atoms with E-state index in [2.05, 4.69) is 5.32 Å². The van der Waals surface area contributed by atoms with Gasteiger partial charge in [0.25, 0.3) is 11.5 Å². The quantitative estimate of drug-likeness (QED) is 0.147. The fraction of sp³-hybridized carbons (Fsp3) is 0.440. The molecule has 1 saturated heterocycles. The highest BCUT2D eigenvalue weighted by atomic mass is 16.7. The van der Waals surface area contributed by atoms with E-state index in [-0.39, 0.29) is 12.3 Å². The molecule has 1 unspecified atom stereocenters. The van der Waals surface area contributed by atoms with Crippen molar-refractivity contribution < 1.29 is 49.0 Å². The second-order valence-corrected chi connectivity index (χ2v) is 9.33. The van der Waals surface area contributed by atoms with E-state index in [1.54, 1.807) is 12.1 Å². The number of methoxy groups -OCH3 is 1. The summed E-state index contributed by atoms with van der Waals surface area (Å²) in [6.07, 6.45) is -10.3. The van der Waals surface area contributed by atoms with Crippen LogP contribution in [0.1, 0.15) is 11.8 Å². The Balaban J connectivity index is 1.46. The van der Waals surface area contributed by atoms with E-state index in [4.69, 9.17) is 24.7 Å². The zero-order valence-corrected chi connectivity index (χ0v) is 21.7. The molecule has 16 heteroatoms. The highest BCUT2D eigenvalue weighted by molar-refractivity contribution is 5.91. The highest BCUT2D eigenvalue weighted by Crippen LogP contribution is 2.34. The number of nitrogens with two attached hydrogens (primary N) is 1. The number of carbonyl (C=O) groups is 2. The van der Waals surface area contributed by atoms with Gasteiger partial charge < -0.3 is 50.4 Å². The van der Waals surface area contributed by atoms with Crippen molar-refractivity contribution in [3.8, 4) is 5.75 Å². The van der Waals surface area contributed by atoms with Crippen molar-refractivity contribution in [1.82, 2.24) is 14.9 Å². The van der Waals surface area contributed by atoms with Crippen LogP contribution in [0, 0.1) is 0 Å². The third kappa shape index (κ3) is 6.64. The van der Waals surface area contributed by atoms with Gasteiger partial charge in [0.15, 0.2) is 18.1 Å². The summed E-state index contributed by atoms with van der Waals surface area (Å²) in [6, 6.07) is 7.38. The standard InChI is InChI=1S/C25H30N4O12/c1-38-18-17(34)23(29-9-7-15(32)28-25(29)37)40-19(18)20(21(26)35)41-24-16(33)13(31)10-14(39-24)22(36)27-8-6-11-2-4-12(30)5-3-11/h2-5,7,9-10,13,16-20,23-24,30-31,33-34H,6,8H2,1H3,(H2,26,35)(H,27,36)(H,28,32,37)/t13-,16-,17+,18-,19?,20+,23+,24+/m0/s1. The number of aliphatic hydroxyl groups is 3. The number of nitrogens with one attached hydrogen (secondary N) is 2. The summed E-state index contributed by atoms with van der Waals surface area (Å²) in [7, 11) is 1.19. The van der Waals surface area contributed by atoms with Gasteiger partial charge in [0.1, 0.15) is 36.3 Å². The number of phenolic OH excluding ortho intramolecular Hbond substituents is 1. The maximum absolute atomic E-state index is 12.7. The smallest absolute Gasteiger partial charge is 0.330 e. The van der Waals surface area contributed by atoms with Gasteiger partial charge in [-0.25, -0.2) is 4.79 Å². The number of aromatic nitrogens is 2. The second kappa shape index (κ2) is 12.6. The molecule has 0 radical (unpaired) electrons. The lowest BCUT2D eigenvalue weighted by Gasteiger charge is -2.35. The molecule has 0 spiro atoms. The summed E-state index contributed by atoms with van der Waals surface area (Å²) in [5.74, 6) is -2.20. The zero-order valence-electron chi connectivity index (χ0n) is 21.7. The molecule has 0 bridgehead atoms. The van der Waals surface area contributed by atoms with Crippen molar-refractivity contribution >= 4 is 11.8 Å². The number of nitrogens with zero attached hydrogens (tertiary/aromatic N) is 1. The van der Waals surface area contributed by atoms with Crippen molar-refractivity contribution in [2.75, 3.05) is 13.7 Å². The van der Waals surface area contributed by atoms with Gasteiger partial charge in [0, 0.05) is 25.9 Å². The topological polar surface area (TPSA) is 245 Å². The Morgan fingerprint density at radius 2 is 1.85 bits per heavy atom. The number of primary amides is 1. The number of rotatable bonds is 10. The average molecular weight is 579 g/mol. The molecular weight excluding hydrogens is 548 g/mol. The van der Waals surface area contributed by atoms with Gasteiger partial charge in [0.2, 0.25) is 12.2 Å². The van der Waals surface area contributed by atoms with E-state index in [1.807, 2.05) is 4.98 Å². The third-order valence-corrected chi connectivity index (χ3v) is 6.56. The Morgan fingerprint density at radius 3 is 2.49 bits per heavy atom. The third-order valence-electron chi connectivity index (χ3n) is 6.56. The number of ether oxygens (including phenoxy) is 4. The molecule has 41 heavy (non-hydrogen) atoms. The predicted octanol–water partition coefficient (Wildman–Crippen LogP) is -3.29. The van der Waals surface area contributed by atoms with Crippen LogP contribution in [0.5, 0.6) is 5.75 Å². The molecule has 16 nitrogen and oxygen atoms in total. The number of phenols is 1. The molecular formula is C25H30N4O12. The first-order chi connectivity index (χ1) is 19.5. The molecule has 1 aromatic heterocycles. The molecule has 2 amide bonds. The lowest BCUT2D eigenvalue weighted by atomic mass is 10.0. The SMILES string of the molecule is CO[C@@H]1C([C@@H](O[C@H]2OC(C(=O)NCCc3ccc(O)cc3)=C[C@H](O)[C@@H]2O)C(N)=O)O[C@@H](n2ccc(=O)[nH]c2=O)[C@@H]1O. The first-order valence-electron chi connectivity index (χ1n) is 12.4. The molecule has 0 saturated carbocycles. The molecule has 0 aliphatic carbocycles. The Hall–Kier alpha value is -4.06. The van der Waals surface area contributed by atoms with Crippen molar-refractivity contribution in [3.63, 3.8) is 0 Å². The number of aliphatic hydroxyl groups excluding tert-OH is 3. The van der Waals surface area contributed by atoms with Crippen LogP contribution in [0.3, 0.4) is 0 Å². The molecule has 3 heterocycles. The zero-order chi connectivity index (χ0) is 29.8. The highest BCUT2D eigenvalue weighted by Gasteiger charge is 2.52. The number of hydrogen-bond donors (Lipinski definition) is 7. The normalized spacial score (nSPS) is 28.4. The molecule has 1 aromatic carbocycles. The van der Waals surface area contributed by atoms with E-state index in [0.717, 1.165) is 28.5 Å². The van der Waals surface area contributed by atoms with E-state index in [9.17, 15) is 39.6 Å². The lowest BCUT2D eigenvalue weighted by molar-refractivity contribution is -0.241.